The molecule has 3 rings (SSSR count). The maximum Gasteiger partial charge on any atom is 0.128 e. The van der Waals surface area contributed by atoms with Gasteiger partial charge in [-0.1, -0.05) is 31.0 Å². The van der Waals surface area contributed by atoms with Gasteiger partial charge in [0.05, 0.1) is 21.4 Å². The van der Waals surface area contributed by atoms with Gasteiger partial charge in [0.25, 0.3) is 0 Å². The summed E-state index contributed by atoms with van der Waals surface area (Å²) >= 11 is 12.7. The Kier molecular flexibility index (Phi) is 3.48. The molecule has 1 aliphatic rings. The van der Waals surface area contributed by atoms with Crippen molar-refractivity contribution in [3.05, 3.63) is 29.0 Å². The van der Waals surface area contributed by atoms with Crippen molar-refractivity contribution in [3.63, 3.8) is 0 Å². The molecule has 0 N–H and O–H groups in total. The first-order valence-electron chi connectivity index (χ1n) is 6.94. The summed E-state index contributed by atoms with van der Waals surface area (Å²) < 4.78 is 2.29. The van der Waals surface area contributed by atoms with E-state index in [0.717, 1.165) is 27.8 Å². The van der Waals surface area contributed by atoms with Crippen LogP contribution in [0.1, 0.15) is 50.4 Å². The van der Waals surface area contributed by atoms with Crippen LogP contribution in [0.3, 0.4) is 0 Å². The third-order valence-corrected chi connectivity index (χ3v) is 4.42. The van der Waals surface area contributed by atoms with Crippen LogP contribution in [-0.4, -0.2) is 9.55 Å². The van der Waals surface area contributed by atoms with Gasteiger partial charge in [0.15, 0.2) is 0 Å². The van der Waals surface area contributed by atoms with Gasteiger partial charge in [-0.3, -0.25) is 0 Å². The highest BCUT2D eigenvalue weighted by Crippen LogP contribution is 2.50. The molecule has 1 aromatic heterocycles. The number of aromatic nitrogens is 2. The largest absolute Gasteiger partial charge is 0.322 e. The number of halogens is 2. The second kappa shape index (κ2) is 4.99. The van der Waals surface area contributed by atoms with E-state index < -0.39 is 0 Å². The van der Waals surface area contributed by atoms with E-state index in [1.807, 2.05) is 25.1 Å². The van der Waals surface area contributed by atoms with Gasteiger partial charge >= 0.3 is 0 Å². The van der Waals surface area contributed by atoms with Crippen molar-refractivity contribution in [1.82, 2.24) is 9.55 Å². The molecule has 1 saturated carbocycles. The molecule has 1 aromatic carbocycles. The van der Waals surface area contributed by atoms with Gasteiger partial charge < -0.3 is 4.57 Å². The fraction of sp³-hybridized carbons (Fsp3) is 0.533. The number of fused-ring (bicyclic) bond motifs is 1. The highest BCUT2D eigenvalue weighted by molar-refractivity contribution is 6.35. The Hall–Kier alpha value is -0.730. The van der Waals surface area contributed by atoms with Crippen LogP contribution in [0, 0.1) is 5.92 Å². The number of hydrogen-bond donors (Lipinski definition) is 0. The molecule has 0 spiro atoms. The van der Waals surface area contributed by atoms with Gasteiger partial charge in [-0.15, -0.1) is 11.6 Å². The molecule has 0 bridgehead atoms. The van der Waals surface area contributed by atoms with Crippen LogP contribution in [0.25, 0.3) is 11.0 Å². The monoisotopic (exact) mass is 296 g/mol. The summed E-state index contributed by atoms with van der Waals surface area (Å²) in [5.74, 6) is 1.71. The van der Waals surface area contributed by atoms with Crippen LogP contribution in [-0.2, 0) is 0 Å². The lowest BCUT2D eigenvalue weighted by Crippen LogP contribution is -2.04. The van der Waals surface area contributed by atoms with E-state index in [1.54, 1.807) is 0 Å². The number of para-hydroxylation sites is 1. The zero-order valence-electron chi connectivity index (χ0n) is 11.2. The molecule has 2 nitrogen and oxygen atoms in total. The summed E-state index contributed by atoms with van der Waals surface area (Å²) in [4.78, 5) is 4.68. The van der Waals surface area contributed by atoms with Crippen molar-refractivity contribution in [1.29, 1.82) is 0 Å². The number of rotatable bonds is 4. The van der Waals surface area contributed by atoms with Crippen molar-refractivity contribution >= 4 is 34.2 Å². The van der Waals surface area contributed by atoms with E-state index in [-0.39, 0.29) is 5.38 Å². The normalized spacial score (nSPS) is 23.8. The first kappa shape index (κ1) is 13.3. The van der Waals surface area contributed by atoms with E-state index >= 15 is 0 Å². The van der Waals surface area contributed by atoms with Crippen LogP contribution in [0.5, 0.6) is 0 Å². The smallest absolute Gasteiger partial charge is 0.128 e. The van der Waals surface area contributed by atoms with Crippen molar-refractivity contribution in [2.45, 2.75) is 44.5 Å². The Labute approximate surface area is 123 Å². The SMILES string of the molecule is CCCC1CC1n1c(C(C)Cl)nc2cccc(Cl)c21. The number of hydrogen-bond acceptors (Lipinski definition) is 1. The third-order valence-electron chi connectivity index (χ3n) is 3.92. The van der Waals surface area contributed by atoms with E-state index in [2.05, 4.69) is 16.5 Å². The molecule has 0 aliphatic heterocycles. The Morgan fingerprint density at radius 2 is 2.26 bits per heavy atom. The molecule has 102 valence electrons. The highest BCUT2D eigenvalue weighted by atomic mass is 35.5. The van der Waals surface area contributed by atoms with Gasteiger partial charge in [0, 0.05) is 6.04 Å². The van der Waals surface area contributed by atoms with E-state index in [0.29, 0.717) is 6.04 Å². The van der Waals surface area contributed by atoms with Crippen molar-refractivity contribution in [3.8, 4) is 0 Å². The van der Waals surface area contributed by atoms with Crippen molar-refractivity contribution in [2.75, 3.05) is 0 Å². The summed E-state index contributed by atoms with van der Waals surface area (Å²) in [5.41, 5.74) is 2.01. The van der Waals surface area contributed by atoms with Crippen LogP contribution < -0.4 is 0 Å². The highest BCUT2D eigenvalue weighted by Gasteiger charge is 2.40. The molecule has 19 heavy (non-hydrogen) atoms. The van der Waals surface area contributed by atoms with E-state index in [9.17, 15) is 0 Å². The van der Waals surface area contributed by atoms with Gasteiger partial charge in [-0.2, -0.15) is 0 Å². The van der Waals surface area contributed by atoms with Gasteiger partial charge in [0.1, 0.15) is 5.82 Å². The quantitative estimate of drug-likeness (QED) is 0.695. The summed E-state index contributed by atoms with van der Waals surface area (Å²) in [6, 6.07) is 6.42. The topological polar surface area (TPSA) is 17.8 Å². The third kappa shape index (κ3) is 2.25. The molecule has 1 aliphatic carbocycles. The van der Waals surface area contributed by atoms with E-state index in [4.69, 9.17) is 23.2 Å². The molecule has 0 amide bonds. The Bertz CT molecular complexity index is 603. The fourth-order valence-corrected chi connectivity index (χ4v) is 3.38. The van der Waals surface area contributed by atoms with Crippen LogP contribution in [0.15, 0.2) is 18.2 Å². The first-order valence-corrected chi connectivity index (χ1v) is 7.75. The number of benzene rings is 1. The lowest BCUT2D eigenvalue weighted by atomic mass is 10.2. The van der Waals surface area contributed by atoms with Crippen LogP contribution >= 0.6 is 23.2 Å². The zero-order valence-corrected chi connectivity index (χ0v) is 12.7. The van der Waals surface area contributed by atoms with Crippen LogP contribution in [0.2, 0.25) is 5.02 Å². The fourth-order valence-electron chi connectivity index (χ4n) is 2.97. The minimum absolute atomic E-state index is 0.0913. The Balaban J connectivity index is 2.12. The average Bonchev–Trinajstić information content (AvgIpc) is 3.00. The number of nitrogens with zero attached hydrogens (tertiary/aromatic N) is 2. The van der Waals surface area contributed by atoms with Crippen LogP contribution in [0.4, 0.5) is 0 Å². The Morgan fingerprint density at radius 3 is 2.95 bits per heavy atom. The lowest BCUT2D eigenvalue weighted by Gasteiger charge is -2.11. The maximum atomic E-state index is 6.37. The molecule has 2 aromatic rings. The molecule has 1 fully saturated rings. The average molecular weight is 297 g/mol. The predicted octanol–water partition coefficient (Wildman–Crippen LogP) is 5.35. The summed E-state index contributed by atoms with van der Waals surface area (Å²) in [5, 5.41) is 0.682. The molecule has 4 heteroatoms. The summed E-state index contributed by atoms with van der Waals surface area (Å²) in [7, 11) is 0. The first-order chi connectivity index (χ1) is 9.13. The van der Waals surface area contributed by atoms with Gasteiger partial charge in [-0.25, -0.2) is 4.98 Å². The molecule has 3 atom stereocenters. The second-order valence-electron chi connectivity index (χ2n) is 5.42. The second-order valence-corrected chi connectivity index (χ2v) is 6.48. The van der Waals surface area contributed by atoms with E-state index in [1.165, 1.54) is 19.3 Å². The number of imidazole rings is 1. The zero-order chi connectivity index (χ0) is 13.6. The molecule has 0 radical (unpaired) electrons. The summed E-state index contributed by atoms with van der Waals surface area (Å²) in [6.07, 6.45) is 3.72. The molecule has 3 unspecified atom stereocenters. The standard InChI is InChI=1S/C15H18Cl2N2/c1-3-5-10-8-13(10)19-14-11(17)6-4-7-12(14)18-15(19)9(2)16/h4,6-7,9-10,13H,3,5,8H2,1-2H3. The minimum atomic E-state index is -0.0913. The molecular formula is C15H18Cl2N2. The molecular weight excluding hydrogens is 279 g/mol. The summed E-state index contributed by atoms with van der Waals surface area (Å²) in [6.45, 7) is 4.21. The van der Waals surface area contributed by atoms with Crippen molar-refractivity contribution < 1.29 is 0 Å². The number of alkyl halides is 1. The Morgan fingerprint density at radius 1 is 1.47 bits per heavy atom. The minimum Gasteiger partial charge on any atom is -0.322 e. The lowest BCUT2D eigenvalue weighted by molar-refractivity contribution is 0.598. The van der Waals surface area contributed by atoms with Gasteiger partial charge in [-0.05, 0) is 37.8 Å². The molecule has 0 saturated heterocycles. The molecule has 1 heterocycles. The maximum absolute atomic E-state index is 6.37. The predicted molar refractivity (Wildman–Crippen MR) is 81.1 cm³/mol. The van der Waals surface area contributed by atoms with Gasteiger partial charge in [0.2, 0.25) is 0 Å². The van der Waals surface area contributed by atoms with Crippen molar-refractivity contribution in [2.24, 2.45) is 5.92 Å².